The lowest BCUT2D eigenvalue weighted by Gasteiger charge is -2.31. The molecule has 1 amide bonds. The van der Waals surface area contributed by atoms with Gasteiger partial charge in [-0.3, -0.25) is 9.69 Å². The summed E-state index contributed by atoms with van der Waals surface area (Å²) in [7, 11) is 2.14. The topological polar surface area (TPSA) is 76.8 Å². The highest BCUT2D eigenvalue weighted by Crippen LogP contribution is 2.18. The van der Waals surface area contributed by atoms with Gasteiger partial charge in [0.15, 0.2) is 0 Å². The van der Waals surface area contributed by atoms with Crippen molar-refractivity contribution in [1.82, 2.24) is 10.2 Å². The van der Waals surface area contributed by atoms with Crippen molar-refractivity contribution in [2.75, 3.05) is 33.4 Å². The number of nitrogens with zero attached hydrogens (tertiary/aromatic N) is 1. The molecule has 1 aliphatic heterocycles. The van der Waals surface area contributed by atoms with Crippen molar-refractivity contribution in [2.45, 2.75) is 52.2 Å². The molecule has 1 aromatic rings. The van der Waals surface area contributed by atoms with E-state index < -0.39 is 6.04 Å². The van der Waals surface area contributed by atoms with E-state index in [0.29, 0.717) is 19.2 Å². The summed E-state index contributed by atoms with van der Waals surface area (Å²) in [5.41, 5.74) is 6.74. The van der Waals surface area contributed by atoms with Gasteiger partial charge in [0.25, 0.3) is 0 Å². The van der Waals surface area contributed by atoms with Gasteiger partial charge in [-0.15, -0.1) is 0 Å². The number of nitrogens with one attached hydrogen (secondary N) is 1. The summed E-state index contributed by atoms with van der Waals surface area (Å²) in [4.78, 5) is 14.5. The van der Waals surface area contributed by atoms with Crippen molar-refractivity contribution >= 4 is 5.91 Å². The predicted molar refractivity (Wildman–Crippen MR) is 108 cm³/mol. The SMILES string of the molecule is CN(CCOc1cccc(CNC(=O)[C@@H](N)C(C)(C)C)c1)C1CCOCC1. The van der Waals surface area contributed by atoms with E-state index in [1.807, 2.05) is 45.0 Å². The molecule has 0 aromatic heterocycles. The van der Waals surface area contributed by atoms with Crippen molar-refractivity contribution in [3.05, 3.63) is 29.8 Å². The Bertz CT molecular complexity index is 595. The first-order valence-electron chi connectivity index (χ1n) is 9.80. The highest BCUT2D eigenvalue weighted by molar-refractivity contribution is 5.82. The molecule has 3 N–H and O–H groups in total. The third-order valence-electron chi connectivity index (χ3n) is 5.11. The molecule has 2 rings (SSSR count). The zero-order valence-corrected chi connectivity index (χ0v) is 17.2. The molecule has 0 saturated carbocycles. The minimum Gasteiger partial charge on any atom is -0.492 e. The quantitative estimate of drug-likeness (QED) is 0.726. The summed E-state index contributed by atoms with van der Waals surface area (Å²) in [6.07, 6.45) is 2.17. The second-order valence-electron chi connectivity index (χ2n) is 8.38. The fourth-order valence-electron chi connectivity index (χ4n) is 3.05. The Morgan fingerprint density at radius 2 is 2.07 bits per heavy atom. The molecule has 27 heavy (non-hydrogen) atoms. The average Bonchev–Trinajstić information content (AvgIpc) is 2.65. The number of benzene rings is 1. The van der Waals surface area contributed by atoms with Crippen LogP contribution in [0.3, 0.4) is 0 Å². The normalized spacial score (nSPS) is 17.0. The van der Waals surface area contributed by atoms with Gasteiger partial charge in [-0.1, -0.05) is 32.9 Å². The highest BCUT2D eigenvalue weighted by atomic mass is 16.5. The standard InChI is InChI=1S/C21H35N3O3/c1-21(2,3)19(22)20(25)23-15-16-6-5-7-18(14-16)27-13-10-24(4)17-8-11-26-12-9-17/h5-7,14,17,19H,8-13,15,22H2,1-4H3,(H,23,25)/t19-/m1/s1. The monoisotopic (exact) mass is 377 g/mol. The van der Waals surface area contributed by atoms with Gasteiger partial charge in [0.05, 0.1) is 6.04 Å². The van der Waals surface area contributed by atoms with E-state index in [2.05, 4.69) is 17.3 Å². The highest BCUT2D eigenvalue weighted by Gasteiger charge is 2.27. The zero-order valence-electron chi connectivity index (χ0n) is 17.2. The lowest BCUT2D eigenvalue weighted by atomic mass is 9.87. The van der Waals surface area contributed by atoms with Gasteiger partial charge >= 0.3 is 0 Å². The zero-order chi connectivity index (χ0) is 19.9. The maximum absolute atomic E-state index is 12.2. The molecule has 152 valence electrons. The van der Waals surface area contributed by atoms with Crippen molar-refractivity contribution < 1.29 is 14.3 Å². The smallest absolute Gasteiger partial charge is 0.237 e. The van der Waals surface area contributed by atoms with Crippen LogP contribution in [-0.4, -0.2) is 56.3 Å². The van der Waals surface area contributed by atoms with Crippen LogP contribution in [-0.2, 0) is 16.1 Å². The Morgan fingerprint density at radius 1 is 1.37 bits per heavy atom. The summed E-state index contributed by atoms with van der Waals surface area (Å²) < 4.78 is 11.3. The van der Waals surface area contributed by atoms with Crippen molar-refractivity contribution in [1.29, 1.82) is 0 Å². The number of hydrogen-bond acceptors (Lipinski definition) is 5. The van der Waals surface area contributed by atoms with Crippen LogP contribution in [0.4, 0.5) is 0 Å². The van der Waals surface area contributed by atoms with Gasteiger partial charge in [0.2, 0.25) is 5.91 Å². The summed E-state index contributed by atoms with van der Waals surface area (Å²) >= 11 is 0. The van der Waals surface area contributed by atoms with Crippen LogP contribution < -0.4 is 15.8 Å². The van der Waals surface area contributed by atoms with E-state index >= 15 is 0 Å². The average molecular weight is 378 g/mol. The van der Waals surface area contributed by atoms with E-state index in [1.54, 1.807) is 0 Å². The molecule has 0 radical (unpaired) electrons. The van der Waals surface area contributed by atoms with Crippen LogP contribution in [0, 0.1) is 5.41 Å². The van der Waals surface area contributed by atoms with Gasteiger partial charge in [-0.2, -0.15) is 0 Å². The Hall–Kier alpha value is -1.63. The number of amides is 1. The van der Waals surface area contributed by atoms with E-state index in [-0.39, 0.29) is 11.3 Å². The molecule has 1 saturated heterocycles. The number of ether oxygens (including phenoxy) is 2. The number of nitrogens with two attached hydrogens (primary N) is 1. The van der Waals surface area contributed by atoms with E-state index in [1.165, 1.54) is 0 Å². The first-order valence-corrected chi connectivity index (χ1v) is 9.80. The van der Waals surface area contributed by atoms with Gasteiger partial charge in [-0.05, 0) is 43.0 Å². The molecule has 6 nitrogen and oxygen atoms in total. The van der Waals surface area contributed by atoms with Gasteiger partial charge < -0.3 is 20.5 Å². The third kappa shape index (κ3) is 7.13. The molecule has 0 bridgehead atoms. The maximum atomic E-state index is 12.2. The Labute approximate surface area is 163 Å². The van der Waals surface area contributed by atoms with E-state index in [9.17, 15) is 4.79 Å². The summed E-state index contributed by atoms with van der Waals surface area (Å²) in [5, 5.41) is 2.91. The van der Waals surface area contributed by atoms with Crippen molar-refractivity contribution in [3.63, 3.8) is 0 Å². The van der Waals surface area contributed by atoms with Crippen LogP contribution in [0.15, 0.2) is 24.3 Å². The van der Waals surface area contributed by atoms with E-state index in [4.69, 9.17) is 15.2 Å². The first-order chi connectivity index (χ1) is 12.8. The fourth-order valence-corrected chi connectivity index (χ4v) is 3.05. The Balaban J connectivity index is 1.76. The molecule has 1 aliphatic rings. The number of likely N-dealkylation sites (N-methyl/N-ethyl adjacent to an activating group) is 1. The molecule has 1 fully saturated rings. The minimum absolute atomic E-state index is 0.132. The number of carbonyl (C=O) groups is 1. The second kappa shape index (κ2) is 10.1. The predicted octanol–water partition coefficient (Wildman–Crippen LogP) is 2.17. The lowest BCUT2D eigenvalue weighted by Crippen LogP contribution is -2.48. The van der Waals surface area contributed by atoms with Gasteiger partial charge in [0.1, 0.15) is 12.4 Å². The summed E-state index contributed by atoms with van der Waals surface area (Å²) in [6.45, 7) is 9.55. The fraction of sp³-hybridized carbons (Fsp3) is 0.667. The first kappa shape index (κ1) is 21.7. The Kier molecular flexibility index (Phi) is 8.07. The van der Waals surface area contributed by atoms with Crippen molar-refractivity contribution in [2.24, 2.45) is 11.1 Å². The summed E-state index contributed by atoms with van der Waals surface area (Å²) in [6, 6.07) is 7.89. The molecule has 0 aliphatic carbocycles. The molecular weight excluding hydrogens is 342 g/mol. The lowest BCUT2D eigenvalue weighted by molar-refractivity contribution is -0.124. The van der Waals surface area contributed by atoms with Crippen molar-refractivity contribution in [3.8, 4) is 5.75 Å². The van der Waals surface area contributed by atoms with Crippen LogP contribution >= 0.6 is 0 Å². The van der Waals surface area contributed by atoms with Gasteiger partial charge in [0, 0.05) is 32.3 Å². The number of rotatable bonds is 8. The second-order valence-corrected chi connectivity index (χ2v) is 8.38. The molecule has 0 unspecified atom stereocenters. The molecule has 1 heterocycles. The summed E-state index contributed by atoms with van der Waals surface area (Å²) in [5.74, 6) is 0.689. The number of hydrogen-bond donors (Lipinski definition) is 2. The largest absolute Gasteiger partial charge is 0.492 e. The Morgan fingerprint density at radius 3 is 2.74 bits per heavy atom. The maximum Gasteiger partial charge on any atom is 0.237 e. The molecule has 1 atom stereocenters. The van der Waals surface area contributed by atoms with Gasteiger partial charge in [-0.25, -0.2) is 0 Å². The molecule has 1 aromatic carbocycles. The molecule has 0 spiro atoms. The number of carbonyl (C=O) groups excluding carboxylic acids is 1. The van der Waals surface area contributed by atoms with Crippen LogP contribution in [0.25, 0.3) is 0 Å². The third-order valence-corrected chi connectivity index (χ3v) is 5.11. The van der Waals surface area contributed by atoms with E-state index in [0.717, 1.165) is 43.9 Å². The van der Waals surface area contributed by atoms with Crippen LogP contribution in [0.1, 0.15) is 39.2 Å². The van der Waals surface area contributed by atoms with Crippen LogP contribution in [0.5, 0.6) is 5.75 Å². The molecular formula is C21H35N3O3. The molecule has 6 heteroatoms. The van der Waals surface area contributed by atoms with Crippen LogP contribution in [0.2, 0.25) is 0 Å². The minimum atomic E-state index is -0.530.